The summed E-state index contributed by atoms with van der Waals surface area (Å²) >= 11 is 1.64. The first-order valence-electron chi connectivity index (χ1n) is 4.41. The van der Waals surface area contributed by atoms with Crippen LogP contribution in [0.4, 0.5) is 0 Å². The van der Waals surface area contributed by atoms with Crippen molar-refractivity contribution in [2.24, 2.45) is 0 Å². The maximum Gasteiger partial charge on any atom is 0.0701 e. The van der Waals surface area contributed by atoms with E-state index in [0.717, 1.165) is 10.7 Å². The molecule has 0 bridgehead atoms. The molecule has 0 aromatic carbocycles. The van der Waals surface area contributed by atoms with E-state index in [4.69, 9.17) is 0 Å². The van der Waals surface area contributed by atoms with Gasteiger partial charge in [0.05, 0.1) is 10.7 Å². The SMILES string of the molecule is C=CC1=C(/C=C\C)SC(=C)N1.CC. The topological polar surface area (TPSA) is 12.0 Å². The van der Waals surface area contributed by atoms with Gasteiger partial charge in [0.2, 0.25) is 0 Å². The van der Waals surface area contributed by atoms with Gasteiger partial charge in [0.15, 0.2) is 0 Å². The number of hydrogen-bond acceptors (Lipinski definition) is 2. The van der Waals surface area contributed by atoms with Gasteiger partial charge in [-0.1, -0.05) is 50.9 Å². The molecule has 0 saturated carbocycles. The zero-order valence-electron chi connectivity index (χ0n) is 8.55. The van der Waals surface area contributed by atoms with E-state index in [0.29, 0.717) is 0 Å². The van der Waals surface area contributed by atoms with Crippen molar-refractivity contribution in [3.8, 4) is 0 Å². The number of thioether (sulfide) groups is 1. The fraction of sp³-hybridized carbons (Fsp3) is 0.273. The van der Waals surface area contributed by atoms with Crippen LogP contribution < -0.4 is 5.32 Å². The first-order valence-corrected chi connectivity index (χ1v) is 5.22. The summed E-state index contributed by atoms with van der Waals surface area (Å²) in [4.78, 5) is 1.19. The maximum atomic E-state index is 3.81. The van der Waals surface area contributed by atoms with Gasteiger partial charge in [-0.3, -0.25) is 0 Å². The minimum absolute atomic E-state index is 0.966. The Labute approximate surface area is 85.3 Å². The van der Waals surface area contributed by atoms with Gasteiger partial charge in [0, 0.05) is 4.91 Å². The summed E-state index contributed by atoms with van der Waals surface area (Å²) in [6.07, 6.45) is 5.86. The van der Waals surface area contributed by atoms with E-state index >= 15 is 0 Å². The molecule has 0 aliphatic carbocycles. The van der Waals surface area contributed by atoms with Crippen molar-refractivity contribution in [3.63, 3.8) is 0 Å². The Bertz CT molecular complexity index is 249. The minimum atomic E-state index is 0.966. The summed E-state index contributed by atoms with van der Waals surface area (Å²) in [6, 6.07) is 0. The summed E-state index contributed by atoms with van der Waals surface area (Å²) < 4.78 is 0. The van der Waals surface area contributed by atoms with Crippen LogP contribution in [-0.2, 0) is 0 Å². The van der Waals surface area contributed by atoms with Crippen molar-refractivity contribution in [1.82, 2.24) is 5.32 Å². The van der Waals surface area contributed by atoms with Crippen LogP contribution in [0.5, 0.6) is 0 Å². The molecule has 1 N–H and O–H groups in total. The summed E-state index contributed by atoms with van der Waals surface area (Å²) in [5, 5.41) is 4.08. The van der Waals surface area contributed by atoms with E-state index in [1.54, 1.807) is 17.8 Å². The summed E-state index contributed by atoms with van der Waals surface area (Å²) in [5.41, 5.74) is 1.05. The molecule has 0 saturated heterocycles. The lowest BCUT2D eigenvalue weighted by Crippen LogP contribution is -2.00. The zero-order valence-corrected chi connectivity index (χ0v) is 9.37. The average molecular weight is 195 g/mol. The third-order valence-electron chi connectivity index (χ3n) is 1.29. The molecular weight excluding hydrogens is 178 g/mol. The molecule has 0 unspecified atom stereocenters. The molecule has 13 heavy (non-hydrogen) atoms. The first-order chi connectivity index (χ1) is 6.27. The molecule has 0 spiro atoms. The van der Waals surface area contributed by atoms with Crippen LogP contribution >= 0.6 is 11.8 Å². The van der Waals surface area contributed by atoms with Crippen LogP contribution in [0, 0.1) is 0 Å². The fourth-order valence-corrected chi connectivity index (χ4v) is 1.73. The van der Waals surface area contributed by atoms with Gasteiger partial charge in [-0.2, -0.15) is 0 Å². The first kappa shape index (κ1) is 12.1. The summed E-state index contributed by atoms with van der Waals surface area (Å²) in [5.74, 6) is 0. The normalized spacial score (nSPS) is 15.5. The maximum absolute atomic E-state index is 3.81. The van der Waals surface area contributed by atoms with Gasteiger partial charge >= 0.3 is 0 Å². The van der Waals surface area contributed by atoms with Gasteiger partial charge in [-0.25, -0.2) is 0 Å². The molecule has 0 radical (unpaired) electrons. The van der Waals surface area contributed by atoms with Crippen LogP contribution in [0.2, 0.25) is 0 Å². The monoisotopic (exact) mass is 195 g/mol. The molecule has 0 fully saturated rings. The molecule has 0 atom stereocenters. The Hall–Kier alpha value is -0.890. The highest BCUT2D eigenvalue weighted by atomic mass is 32.2. The van der Waals surface area contributed by atoms with Crippen LogP contribution in [0.25, 0.3) is 0 Å². The van der Waals surface area contributed by atoms with E-state index in [9.17, 15) is 0 Å². The second-order valence-corrected chi connectivity index (χ2v) is 3.27. The van der Waals surface area contributed by atoms with E-state index in [1.807, 2.05) is 32.9 Å². The third-order valence-corrected chi connectivity index (χ3v) is 2.22. The quantitative estimate of drug-likeness (QED) is 0.719. The Morgan fingerprint density at radius 2 is 2.00 bits per heavy atom. The fourth-order valence-electron chi connectivity index (χ4n) is 0.852. The van der Waals surface area contributed by atoms with E-state index in [2.05, 4.69) is 18.5 Å². The lowest BCUT2D eigenvalue weighted by atomic mass is 10.3. The van der Waals surface area contributed by atoms with Crippen molar-refractivity contribution >= 4 is 11.8 Å². The van der Waals surface area contributed by atoms with Crippen LogP contribution in [-0.4, -0.2) is 0 Å². The molecule has 1 heterocycles. The van der Waals surface area contributed by atoms with E-state index in [1.165, 1.54) is 4.91 Å². The molecule has 0 amide bonds. The van der Waals surface area contributed by atoms with Crippen molar-refractivity contribution in [1.29, 1.82) is 0 Å². The van der Waals surface area contributed by atoms with Crippen molar-refractivity contribution in [2.45, 2.75) is 20.8 Å². The summed E-state index contributed by atoms with van der Waals surface area (Å²) in [6.45, 7) is 13.5. The average Bonchev–Trinajstić information content (AvgIpc) is 2.50. The Kier molecular flexibility index (Phi) is 6.15. The molecule has 1 nitrogen and oxygen atoms in total. The Morgan fingerprint density at radius 3 is 2.46 bits per heavy atom. The number of hydrogen-bond donors (Lipinski definition) is 1. The van der Waals surface area contributed by atoms with Gasteiger partial charge in [0.1, 0.15) is 0 Å². The molecular formula is C11H17NS. The largest absolute Gasteiger partial charge is 0.350 e. The highest BCUT2D eigenvalue weighted by Crippen LogP contribution is 2.32. The Balaban J connectivity index is 0.000000671. The highest BCUT2D eigenvalue weighted by Gasteiger charge is 2.11. The molecule has 0 aromatic rings. The van der Waals surface area contributed by atoms with Gasteiger partial charge in [0.25, 0.3) is 0 Å². The molecule has 72 valence electrons. The van der Waals surface area contributed by atoms with Crippen molar-refractivity contribution in [2.75, 3.05) is 0 Å². The smallest absolute Gasteiger partial charge is 0.0701 e. The van der Waals surface area contributed by atoms with Crippen molar-refractivity contribution in [3.05, 3.63) is 47.0 Å². The molecule has 2 heteroatoms. The van der Waals surface area contributed by atoms with E-state index in [-0.39, 0.29) is 0 Å². The summed E-state index contributed by atoms with van der Waals surface area (Å²) in [7, 11) is 0. The van der Waals surface area contributed by atoms with Gasteiger partial charge < -0.3 is 5.32 Å². The zero-order chi connectivity index (χ0) is 10.3. The standard InChI is InChI=1S/C9H11NS.C2H6/c1-4-6-9-8(5-2)10-7(3)11-9;1-2/h4-6,10H,2-3H2,1H3;1-2H3/b6-4-;. The number of nitrogens with one attached hydrogen (secondary N) is 1. The molecule has 1 aliphatic rings. The Morgan fingerprint density at radius 1 is 1.38 bits per heavy atom. The minimum Gasteiger partial charge on any atom is -0.350 e. The number of rotatable bonds is 2. The predicted molar refractivity (Wildman–Crippen MR) is 63.3 cm³/mol. The second kappa shape index (κ2) is 6.61. The van der Waals surface area contributed by atoms with Crippen LogP contribution in [0.3, 0.4) is 0 Å². The second-order valence-electron chi connectivity index (χ2n) is 2.13. The third kappa shape index (κ3) is 3.55. The highest BCUT2D eigenvalue weighted by molar-refractivity contribution is 8.07. The van der Waals surface area contributed by atoms with Crippen LogP contribution in [0.1, 0.15) is 20.8 Å². The predicted octanol–water partition coefficient (Wildman–Crippen LogP) is 3.79. The van der Waals surface area contributed by atoms with E-state index < -0.39 is 0 Å². The van der Waals surface area contributed by atoms with Gasteiger partial charge in [-0.15, -0.1) is 0 Å². The lowest BCUT2D eigenvalue weighted by molar-refractivity contribution is 1.11. The van der Waals surface area contributed by atoms with Crippen molar-refractivity contribution < 1.29 is 0 Å². The lowest BCUT2D eigenvalue weighted by Gasteiger charge is -1.94. The molecule has 0 aromatic heterocycles. The van der Waals surface area contributed by atoms with Gasteiger partial charge in [-0.05, 0) is 13.0 Å². The number of allylic oxidation sites excluding steroid dienone is 3. The molecule has 1 rings (SSSR count). The van der Waals surface area contributed by atoms with Crippen LogP contribution in [0.15, 0.2) is 47.0 Å². The molecule has 1 aliphatic heterocycles.